The number of hydrogen-bond donors (Lipinski definition) is 2. The van der Waals surface area contributed by atoms with Gasteiger partial charge < -0.3 is 15.8 Å². The minimum atomic E-state index is -0.0722. The van der Waals surface area contributed by atoms with Crippen molar-refractivity contribution >= 4 is 17.2 Å². The molecule has 108 valence electrons. The highest BCUT2D eigenvalue weighted by molar-refractivity contribution is 7.10. The average Bonchev–Trinajstić information content (AvgIpc) is 3.12. The van der Waals surface area contributed by atoms with E-state index in [0.29, 0.717) is 31.4 Å². The van der Waals surface area contributed by atoms with Crippen LogP contribution in [0, 0.1) is 11.8 Å². The third-order valence-corrected chi connectivity index (χ3v) is 4.06. The lowest BCUT2D eigenvalue weighted by Crippen LogP contribution is -2.28. The molecule has 0 atom stereocenters. The molecule has 1 aromatic heterocycles. The van der Waals surface area contributed by atoms with E-state index >= 15 is 0 Å². The Morgan fingerprint density at radius 3 is 3.05 bits per heavy atom. The molecule has 0 aromatic carbocycles. The van der Waals surface area contributed by atoms with Crippen LogP contribution in [0.5, 0.6) is 0 Å². The van der Waals surface area contributed by atoms with Crippen molar-refractivity contribution in [2.75, 3.05) is 19.7 Å². The molecular weight excluding hydrogens is 272 g/mol. The number of rotatable bonds is 5. The van der Waals surface area contributed by atoms with E-state index < -0.39 is 0 Å². The normalized spacial score (nSPS) is 14.8. The zero-order valence-electron chi connectivity index (χ0n) is 11.5. The van der Waals surface area contributed by atoms with Crippen LogP contribution in [-0.2, 0) is 4.74 Å². The van der Waals surface area contributed by atoms with Crippen molar-refractivity contribution in [1.29, 1.82) is 0 Å². The van der Waals surface area contributed by atoms with Crippen LogP contribution in [0.2, 0.25) is 0 Å². The Morgan fingerprint density at radius 1 is 1.50 bits per heavy atom. The van der Waals surface area contributed by atoms with Crippen molar-refractivity contribution in [2.24, 2.45) is 5.73 Å². The lowest BCUT2D eigenvalue weighted by molar-refractivity contribution is 0.0582. The van der Waals surface area contributed by atoms with Crippen molar-refractivity contribution in [3.8, 4) is 11.8 Å². The van der Waals surface area contributed by atoms with Gasteiger partial charge in [0.15, 0.2) is 0 Å². The summed E-state index contributed by atoms with van der Waals surface area (Å²) in [6, 6.07) is 1.79. The molecule has 0 saturated heterocycles. The fourth-order valence-corrected chi connectivity index (χ4v) is 2.96. The predicted octanol–water partition coefficient (Wildman–Crippen LogP) is 1.75. The molecule has 1 fully saturated rings. The third kappa shape index (κ3) is 4.64. The molecule has 4 nitrogen and oxygen atoms in total. The summed E-state index contributed by atoms with van der Waals surface area (Å²) in [7, 11) is 0. The van der Waals surface area contributed by atoms with E-state index in [1.807, 2.05) is 5.38 Å². The third-order valence-electron chi connectivity index (χ3n) is 3.22. The average molecular weight is 292 g/mol. The molecule has 1 saturated carbocycles. The van der Waals surface area contributed by atoms with Gasteiger partial charge in [0.25, 0.3) is 5.91 Å². The molecule has 0 bridgehead atoms. The highest BCUT2D eigenvalue weighted by Crippen LogP contribution is 2.20. The number of ether oxygens (including phenoxy) is 1. The highest BCUT2D eigenvalue weighted by Gasteiger charge is 2.15. The molecule has 0 unspecified atom stereocenters. The van der Waals surface area contributed by atoms with Gasteiger partial charge in [-0.25, -0.2) is 0 Å². The number of nitrogens with two attached hydrogens (primary N) is 1. The molecule has 3 N–H and O–H groups in total. The zero-order valence-corrected chi connectivity index (χ0v) is 12.3. The number of thiophene rings is 1. The lowest BCUT2D eigenvalue weighted by atomic mass is 10.3. The van der Waals surface area contributed by atoms with Crippen LogP contribution in [0.25, 0.3) is 0 Å². The second-order valence-corrected chi connectivity index (χ2v) is 5.65. The molecule has 2 rings (SSSR count). The molecule has 0 spiro atoms. The summed E-state index contributed by atoms with van der Waals surface area (Å²) in [4.78, 5) is 12.8. The van der Waals surface area contributed by atoms with Crippen LogP contribution in [0.3, 0.4) is 0 Å². The second-order valence-electron chi connectivity index (χ2n) is 4.74. The largest absolute Gasteiger partial charge is 0.376 e. The summed E-state index contributed by atoms with van der Waals surface area (Å²) in [5, 5.41) is 4.68. The van der Waals surface area contributed by atoms with Crippen LogP contribution < -0.4 is 11.1 Å². The second kappa shape index (κ2) is 8.05. The van der Waals surface area contributed by atoms with Gasteiger partial charge in [0, 0.05) is 11.9 Å². The fraction of sp³-hybridized carbons (Fsp3) is 0.533. The Morgan fingerprint density at radius 2 is 2.30 bits per heavy atom. The summed E-state index contributed by atoms with van der Waals surface area (Å²) in [5.41, 5.74) is 5.96. The maximum absolute atomic E-state index is 11.9. The van der Waals surface area contributed by atoms with E-state index in [1.165, 1.54) is 24.2 Å². The summed E-state index contributed by atoms with van der Waals surface area (Å²) in [6.45, 7) is 1.47. The van der Waals surface area contributed by atoms with E-state index in [4.69, 9.17) is 10.5 Å². The van der Waals surface area contributed by atoms with E-state index in [1.54, 1.807) is 6.07 Å². The van der Waals surface area contributed by atoms with E-state index in [0.717, 1.165) is 17.7 Å². The first-order chi connectivity index (χ1) is 9.79. The highest BCUT2D eigenvalue weighted by atomic mass is 32.1. The number of hydrogen-bond acceptors (Lipinski definition) is 4. The van der Waals surface area contributed by atoms with Crippen LogP contribution in [-0.4, -0.2) is 31.7 Å². The Labute approximate surface area is 123 Å². The molecule has 0 radical (unpaired) electrons. The Hall–Kier alpha value is -1.35. The van der Waals surface area contributed by atoms with E-state index in [2.05, 4.69) is 17.2 Å². The maximum atomic E-state index is 11.9. The van der Waals surface area contributed by atoms with Crippen LogP contribution in [0.15, 0.2) is 11.4 Å². The molecular formula is C15H20N2O2S. The predicted molar refractivity (Wildman–Crippen MR) is 80.8 cm³/mol. The van der Waals surface area contributed by atoms with Gasteiger partial charge in [0.2, 0.25) is 0 Å². The van der Waals surface area contributed by atoms with Gasteiger partial charge in [-0.1, -0.05) is 24.7 Å². The van der Waals surface area contributed by atoms with E-state index in [9.17, 15) is 4.79 Å². The van der Waals surface area contributed by atoms with Crippen LogP contribution in [0.4, 0.5) is 0 Å². The van der Waals surface area contributed by atoms with Crippen molar-refractivity contribution in [2.45, 2.75) is 31.8 Å². The van der Waals surface area contributed by atoms with Gasteiger partial charge in [0.05, 0.1) is 29.7 Å². The standard InChI is InChI=1S/C15H20N2O2S/c16-7-3-6-14-10-12(11-20-14)15(18)17-8-9-19-13-4-1-2-5-13/h10-11,13H,1-2,4-5,7-9,16H2,(H,17,18). The van der Waals surface area contributed by atoms with Gasteiger partial charge in [0.1, 0.15) is 0 Å². The van der Waals surface area contributed by atoms with Gasteiger partial charge in [-0.2, -0.15) is 0 Å². The number of nitrogens with one attached hydrogen (secondary N) is 1. The van der Waals surface area contributed by atoms with E-state index in [-0.39, 0.29) is 5.91 Å². The first kappa shape index (κ1) is 15.0. The number of amides is 1. The van der Waals surface area contributed by atoms with Gasteiger partial charge >= 0.3 is 0 Å². The molecule has 1 heterocycles. The quantitative estimate of drug-likeness (QED) is 0.642. The number of carbonyl (C=O) groups is 1. The Balaban J connectivity index is 1.69. The smallest absolute Gasteiger partial charge is 0.252 e. The topological polar surface area (TPSA) is 64.4 Å². The van der Waals surface area contributed by atoms with Crippen LogP contribution in [0.1, 0.15) is 40.9 Å². The SMILES string of the molecule is NCC#Cc1cc(C(=O)NCCOC2CCCC2)cs1. The maximum Gasteiger partial charge on any atom is 0.252 e. The van der Waals surface area contributed by atoms with Crippen molar-refractivity contribution < 1.29 is 9.53 Å². The zero-order chi connectivity index (χ0) is 14.2. The number of carbonyl (C=O) groups excluding carboxylic acids is 1. The van der Waals surface area contributed by atoms with Gasteiger partial charge in [-0.15, -0.1) is 11.3 Å². The van der Waals surface area contributed by atoms with Crippen LogP contribution >= 0.6 is 11.3 Å². The van der Waals surface area contributed by atoms with Crippen molar-refractivity contribution in [3.05, 3.63) is 21.9 Å². The first-order valence-electron chi connectivity index (χ1n) is 6.97. The summed E-state index contributed by atoms with van der Waals surface area (Å²) in [5.74, 6) is 5.63. The van der Waals surface area contributed by atoms with Gasteiger partial charge in [-0.3, -0.25) is 4.79 Å². The first-order valence-corrected chi connectivity index (χ1v) is 7.85. The Kier molecular flexibility index (Phi) is 6.06. The molecule has 5 heteroatoms. The summed E-state index contributed by atoms with van der Waals surface area (Å²) < 4.78 is 5.70. The minimum absolute atomic E-state index is 0.0722. The Bertz CT molecular complexity index is 495. The summed E-state index contributed by atoms with van der Waals surface area (Å²) >= 11 is 1.46. The molecule has 0 aliphatic heterocycles. The van der Waals surface area contributed by atoms with Crippen molar-refractivity contribution in [1.82, 2.24) is 5.32 Å². The molecule has 1 aromatic rings. The fourth-order valence-electron chi connectivity index (χ4n) is 2.21. The lowest BCUT2D eigenvalue weighted by Gasteiger charge is -2.11. The monoisotopic (exact) mass is 292 g/mol. The van der Waals surface area contributed by atoms with Crippen molar-refractivity contribution in [3.63, 3.8) is 0 Å². The summed E-state index contributed by atoms with van der Waals surface area (Å²) in [6.07, 6.45) is 5.23. The minimum Gasteiger partial charge on any atom is -0.376 e. The van der Waals surface area contributed by atoms with Gasteiger partial charge in [-0.05, 0) is 18.9 Å². The molecule has 1 amide bonds. The molecule has 1 aliphatic carbocycles. The molecule has 20 heavy (non-hydrogen) atoms. The molecule has 1 aliphatic rings.